The minimum absolute atomic E-state index is 0.0316. The minimum atomic E-state index is -3.41. The van der Waals surface area contributed by atoms with Crippen molar-refractivity contribution in [1.29, 1.82) is 5.26 Å². The molecular formula is C23H24BrClN2O5S. The number of sulfone groups is 1. The van der Waals surface area contributed by atoms with Crippen molar-refractivity contribution >= 4 is 43.5 Å². The van der Waals surface area contributed by atoms with Crippen LogP contribution in [0.25, 0.3) is 0 Å². The van der Waals surface area contributed by atoms with E-state index in [1.807, 2.05) is 30.3 Å². The number of rotatable bonds is 6. The fourth-order valence-corrected chi connectivity index (χ4v) is 6.18. The Bertz CT molecular complexity index is 1130. The molecule has 33 heavy (non-hydrogen) atoms. The molecule has 2 aliphatic carbocycles. The van der Waals surface area contributed by atoms with E-state index in [0.29, 0.717) is 32.3 Å². The lowest BCUT2D eigenvalue weighted by Gasteiger charge is -2.14. The van der Waals surface area contributed by atoms with Crippen molar-refractivity contribution in [2.45, 2.75) is 60.5 Å². The molecule has 0 aliphatic heterocycles. The highest BCUT2D eigenvalue weighted by atomic mass is 79.9. The topological polar surface area (TPSA) is 116 Å². The maximum absolute atomic E-state index is 12.8. The van der Waals surface area contributed by atoms with Crippen molar-refractivity contribution in [2.75, 3.05) is 0 Å². The molecule has 2 aliphatic rings. The summed E-state index contributed by atoms with van der Waals surface area (Å²) in [4.78, 5) is 10.2. The van der Waals surface area contributed by atoms with Gasteiger partial charge in [0.1, 0.15) is 5.54 Å². The monoisotopic (exact) mass is 554 g/mol. The van der Waals surface area contributed by atoms with Crippen molar-refractivity contribution < 1.29 is 23.1 Å². The average Bonchev–Trinajstić information content (AvgIpc) is 3.37. The first-order chi connectivity index (χ1) is 15.6. The van der Waals surface area contributed by atoms with Crippen LogP contribution in [0.3, 0.4) is 0 Å². The first kappa shape index (κ1) is 25.5. The summed E-state index contributed by atoms with van der Waals surface area (Å²) in [5, 5.41) is 18.5. The van der Waals surface area contributed by atoms with Gasteiger partial charge in [0, 0.05) is 4.47 Å². The summed E-state index contributed by atoms with van der Waals surface area (Å²) in [6.45, 7) is 0.497. The van der Waals surface area contributed by atoms with Gasteiger partial charge in [-0.15, -0.1) is 0 Å². The lowest BCUT2D eigenvalue weighted by atomic mass is 10.2. The number of carboxylic acid groups (broad SMARTS) is 1. The second-order valence-electron chi connectivity index (χ2n) is 8.09. The van der Waals surface area contributed by atoms with Gasteiger partial charge in [-0.1, -0.05) is 51.8 Å². The van der Waals surface area contributed by atoms with Crippen LogP contribution < -0.4 is 5.32 Å². The largest absolute Gasteiger partial charge is 0.465 e. The van der Waals surface area contributed by atoms with Gasteiger partial charge in [-0.2, -0.15) is 5.26 Å². The van der Waals surface area contributed by atoms with E-state index in [0.717, 1.165) is 16.5 Å². The summed E-state index contributed by atoms with van der Waals surface area (Å²) < 4.78 is 32.5. The van der Waals surface area contributed by atoms with E-state index >= 15 is 0 Å². The maximum Gasteiger partial charge on any atom is 0.405 e. The van der Waals surface area contributed by atoms with Crippen molar-refractivity contribution in [3.63, 3.8) is 0 Å². The molecule has 0 unspecified atom stereocenters. The first-order valence-corrected chi connectivity index (χ1v) is 13.1. The lowest BCUT2D eigenvalue weighted by molar-refractivity contribution is 0.0458. The first-order valence-electron chi connectivity index (χ1n) is 10.4. The van der Waals surface area contributed by atoms with Gasteiger partial charge in [0.15, 0.2) is 9.84 Å². The molecule has 2 saturated carbocycles. The molecule has 1 amide bonds. The quantitative estimate of drug-likeness (QED) is 0.498. The number of carbonyl (C=O) groups is 1. The molecular weight excluding hydrogens is 532 g/mol. The van der Waals surface area contributed by atoms with E-state index < -0.39 is 26.7 Å². The van der Waals surface area contributed by atoms with Gasteiger partial charge in [0.2, 0.25) is 0 Å². The standard InChI is InChI=1S/C18H18BrClO3S.C5H6N2O2/c19-14-7-5-13(6-8-14)12-23-15-9-10-16(11-15)24(21,22)18-4-2-1-3-17(18)20;6-3-5(1-2-5)7-4(8)9/h1-8,15-16H,9-12H2;7H,1-2H2,(H,8,9)/t15-,16-;/m0./s1. The number of benzene rings is 2. The van der Waals surface area contributed by atoms with E-state index in [2.05, 4.69) is 21.2 Å². The molecule has 10 heteroatoms. The molecule has 176 valence electrons. The average molecular weight is 556 g/mol. The van der Waals surface area contributed by atoms with Crippen LogP contribution in [0.2, 0.25) is 5.02 Å². The van der Waals surface area contributed by atoms with Crippen LogP contribution in [-0.2, 0) is 21.2 Å². The van der Waals surface area contributed by atoms with Crippen LogP contribution in [0.1, 0.15) is 37.7 Å². The summed E-state index contributed by atoms with van der Waals surface area (Å²) in [6, 6.07) is 16.5. The van der Waals surface area contributed by atoms with Gasteiger partial charge in [0.25, 0.3) is 0 Å². The highest BCUT2D eigenvalue weighted by Gasteiger charge is 2.44. The number of ether oxygens (including phenoxy) is 1. The van der Waals surface area contributed by atoms with Crippen LogP contribution in [0.4, 0.5) is 4.79 Å². The number of amides is 1. The Balaban J connectivity index is 0.000000286. The van der Waals surface area contributed by atoms with Crippen molar-refractivity contribution in [3.8, 4) is 6.07 Å². The van der Waals surface area contributed by atoms with Crippen LogP contribution in [-0.4, -0.2) is 36.5 Å². The number of nitrogens with one attached hydrogen (secondary N) is 1. The van der Waals surface area contributed by atoms with E-state index in [1.54, 1.807) is 24.3 Å². The van der Waals surface area contributed by atoms with Gasteiger partial charge < -0.3 is 15.2 Å². The molecule has 4 rings (SSSR count). The zero-order valence-electron chi connectivity index (χ0n) is 17.7. The molecule has 2 N–H and O–H groups in total. The molecule has 0 radical (unpaired) electrons. The van der Waals surface area contributed by atoms with E-state index in [9.17, 15) is 13.2 Å². The van der Waals surface area contributed by atoms with Gasteiger partial charge >= 0.3 is 6.09 Å². The Labute approximate surface area is 206 Å². The third kappa shape index (κ3) is 6.93. The molecule has 2 fully saturated rings. The Kier molecular flexibility index (Phi) is 8.40. The number of hydrogen-bond acceptors (Lipinski definition) is 5. The smallest absolute Gasteiger partial charge is 0.405 e. The molecule has 2 aromatic rings. The molecule has 0 bridgehead atoms. The van der Waals surface area contributed by atoms with Crippen LogP contribution in [0.15, 0.2) is 57.9 Å². The summed E-state index contributed by atoms with van der Waals surface area (Å²) in [6.07, 6.45) is 2.03. The van der Waals surface area contributed by atoms with Gasteiger partial charge in [-0.25, -0.2) is 13.2 Å². The van der Waals surface area contributed by atoms with E-state index in [1.165, 1.54) is 0 Å². The maximum atomic E-state index is 12.8. The molecule has 7 nitrogen and oxygen atoms in total. The van der Waals surface area contributed by atoms with Crippen LogP contribution in [0.5, 0.6) is 0 Å². The zero-order valence-corrected chi connectivity index (χ0v) is 20.9. The number of nitriles is 1. The second-order valence-corrected chi connectivity index (χ2v) is 11.6. The Morgan fingerprint density at radius 3 is 2.42 bits per heavy atom. The molecule has 0 spiro atoms. The van der Waals surface area contributed by atoms with Gasteiger partial charge in [-0.3, -0.25) is 0 Å². The predicted molar refractivity (Wildman–Crippen MR) is 128 cm³/mol. The predicted octanol–water partition coefficient (Wildman–Crippen LogP) is 5.32. The molecule has 0 aromatic heterocycles. The highest BCUT2D eigenvalue weighted by molar-refractivity contribution is 9.10. The molecule has 0 saturated heterocycles. The van der Waals surface area contributed by atoms with E-state index in [4.69, 9.17) is 26.7 Å². The van der Waals surface area contributed by atoms with Gasteiger partial charge in [0.05, 0.1) is 33.9 Å². The fraction of sp³-hybridized carbons (Fsp3) is 0.391. The van der Waals surface area contributed by atoms with Crippen molar-refractivity contribution in [3.05, 3.63) is 63.6 Å². The molecule has 2 atom stereocenters. The zero-order chi connectivity index (χ0) is 24.1. The summed E-state index contributed by atoms with van der Waals surface area (Å²) in [7, 11) is -3.41. The van der Waals surface area contributed by atoms with Crippen molar-refractivity contribution in [1.82, 2.24) is 5.32 Å². The van der Waals surface area contributed by atoms with Crippen LogP contribution in [0, 0.1) is 11.3 Å². The Hall–Kier alpha value is -2.12. The molecule has 2 aromatic carbocycles. The normalized spacial score (nSPS) is 20.8. The Morgan fingerprint density at radius 2 is 1.88 bits per heavy atom. The SMILES string of the molecule is N#CC1(NC(=O)O)CC1.O=S(=O)(c1ccccc1Cl)[C@H]1CC[C@H](OCc2ccc(Br)cc2)C1. The highest BCUT2D eigenvalue weighted by Crippen LogP contribution is 2.35. The Morgan fingerprint density at radius 1 is 1.21 bits per heavy atom. The minimum Gasteiger partial charge on any atom is -0.465 e. The van der Waals surface area contributed by atoms with Crippen molar-refractivity contribution in [2.24, 2.45) is 0 Å². The van der Waals surface area contributed by atoms with E-state index in [-0.39, 0.29) is 16.0 Å². The second kappa shape index (κ2) is 10.9. The third-order valence-electron chi connectivity index (χ3n) is 5.63. The fourth-order valence-electron chi connectivity index (χ4n) is 3.58. The summed E-state index contributed by atoms with van der Waals surface area (Å²) >= 11 is 9.47. The number of nitrogens with zero attached hydrogens (tertiary/aromatic N) is 1. The molecule has 0 heterocycles. The number of halogens is 2. The third-order valence-corrected chi connectivity index (χ3v) is 8.87. The summed E-state index contributed by atoms with van der Waals surface area (Å²) in [5.74, 6) is 0. The number of hydrogen-bond donors (Lipinski definition) is 2. The lowest BCUT2D eigenvalue weighted by Crippen LogP contribution is -2.33. The summed E-state index contributed by atoms with van der Waals surface area (Å²) in [5.41, 5.74) is 0.349. The van der Waals surface area contributed by atoms with Crippen LogP contribution >= 0.6 is 27.5 Å². The van der Waals surface area contributed by atoms with Gasteiger partial charge in [-0.05, 0) is 61.9 Å².